The van der Waals surface area contributed by atoms with Crippen molar-refractivity contribution >= 4 is 11.7 Å². The second kappa shape index (κ2) is 8.47. The average molecular weight is 423 g/mol. The van der Waals surface area contributed by atoms with Gasteiger partial charge < -0.3 is 15.7 Å². The molecule has 0 aliphatic heterocycles. The van der Waals surface area contributed by atoms with Crippen LogP contribution in [0.1, 0.15) is 35.7 Å². The number of halogens is 1. The predicted molar refractivity (Wildman–Crippen MR) is 117 cm³/mol. The Bertz CT molecular complexity index is 1120. The number of nitrogens with one attached hydrogen (secondary N) is 2. The van der Waals surface area contributed by atoms with E-state index in [-0.39, 0.29) is 24.3 Å². The topological polar surface area (TPSA) is 92.1 Å². The van der Waals surface area contributed by atoms with Gasteiger partial charge in [0, 0.05) is 42.7 Å². The third-order valence-corrected chi connectivity index (χ3v) is 5.32. The van der Waals surface area contributed by atoms with E-state index in [0.717, 1.165) is 35.2 Å². The van der Waals surface area contributed by atoms with Gasteiger partial charge in [0.1, 0.15) is 11.6 Å². The number of aliphatic hydroxyl groups excluding tert-OH is 1. The number of aliphatic hydroxyl groups is 1. The van der Waals surface area contributed by atoms with Crippen molar-refractivity contribution in [3.8, 4) is 22.4 Å². The molecule has 0 radical (unpaired) electrons. The van der Waals surface area contributed by atoms with Gasteiger partial charge in [0.2, 0.25) is 0 Å². The number of rotatable bonds is 7. The van der Waals surface area contributed by atoms with Crippen LogP contribution in [0.15, 0.2) is 36.7 Å². The van der Waals surface area contributed by atoms with E-state index < -0.39 is 11.7 Å². The molecular weight excluding hydrogens is 397 g/mol. The van der Waals surface area contributed by atoms with Gasteiger partial charge in [-0.2, -0.15) is 5.10 Å². The van der Waals surface area contributed by atoms with E-state index in [1.165, 1.54) is 6.07 Å². The van der Waals surface area contributed by atoms with Crippen LogP contribution in [0.5, 0.6) is 0 Å². The number of amides is 1. The lowest BCUT2D eigenvalue weighted by Crippen LogP contribution is -2.26. The summed E-state index contributed by atoms with van der Waals surface area (Å²) in [6.07, 6.45) is 5.39. The molecule has 8 heteroatoms. The van der Waals surface area contributed by atoms with Gasteiger partial charge in [0.05, 0.1) is 17.9 Å². The van der Waals surface area contributed by atoms with Crippen LogP contribution in [0.25, 0.3) is 22.4 Å². The first-order valence-electron chi connectivity index (χ1n) is 10.3. The SMILES string of the molecule is Cc1cc(F)c(C(=O)NC2CC2)cc1-c1cnc(N[C@@H](C)CO)c(-c2ccn(C)n2)c1. The fourth-order valence-corrected chi connectivity index (χ4v) is 3.41. The summed E-state index contributed by atoms with van der Waals surface area (Å²) in [5, 5.41) is 19.9. The molecule has 1 aliphatic carbocycles. The third kappa shape index (κ3) is 4.59. The van der Waals surface area contributed by atoms with Crippen molar-refractivity contribution in [1.82, 2.24) is 20.1 Å². The highest BCUT2D eigenvalue weighted by atomic mass is 19.1. The van der Waals surface area contributed by atoms with Crippen molar-refractivity contribution in [3.05, 3.63) is 53.6 Å². The van der Waals surface area contributed by atoms with Crippen LogP contribution >= 0.6 is 0 Å². The third-order valence-electron chi connectivity index (χ3n) is 5.32. The number of carbonyl (C=O) groups is 1. The highest BCUT2D eigenvalue weighted by Gasteiger charge is 2.26. The molecule has 3 N–H and O–H groups in total. The maximum atomic E-state index is 14.5. The minimum absolute atomic E-state index is 0.0305. The average Bonchev–Trinajstić information content (AvgIpc) is 3.45. The fraction of sp³-hybridized carbons (Fsp3) is 0.348. The molecule has 1 atom stereocenters. The number of hydrogen-bond donors (Lipinski definition) is 3. The van der Waals surface area contributed by atoms with Gasteiger partial charge in [0.15, 0.2) is 0 Å². The van der Waals surface area contributed by atoms with Crippen molar-refractivity contribution in [1.29, 1.82) is 0 Å². The number of hydrogen-bond acceptors (Lipinski definition) is 5. The van der Waals surface area contributed by atoms with Crippen LogP contribution in [-0.4, -0.2) is 44.5 Å². The first-order valence-corrected chi connectivity index (χ1v) is 10.3. The minimum Gasteiger partial charge on any atom is -0.394 e. The Morgan fingerprint density at radius 1 is 1.32 bits per heavy atom. The Balaban J connectivity index is 1.77. The first kappa shape index (κ1) is 21.0. The molecule has 4 rings (SSSR count). The lowest BCUT2D eigenvalue weighted by atomic mass is 9.96. The summed E-state index contributed by atoms with van der Waals surface area (Å²) in [4.78, 5) is 17.1. The Kier molecular flexibility index (Phi) is 5.73. The van der Waals surface area contributed by atoms with Crippen LogP contribution < -0.4 is 10.6 Å². The molecule has 31 heavy (non-hydrogen) atoms. The summed E-state index contributed by atoms with van der Waals surface area (Å²) in [5.41, 5.74) is 3.69. The Hall–Kier alpha value is -3.26. The van der Waals surface area contributed by atoms with E-state index in [1.54, 1.807) is 23.9 Å². The molecule has 3 aromatic rings. The molecule has 1 aliphatic rings. The Morgan fingerprint density at radius 3 is 2.74 bits per heavy atom. The Morgan fingerprint density at radius 2 is 2.10 bits per heavy atom. The monoisotopic (exact) mass is 423 g/mol. The zero-order valence-electron chi connectivity index (χ0n) is 17.8. The number of nitrogens with zero attached hydrogens (tertiary/aromatic N) is 3. The van der Waals surface area contributed by atoms with E-state index in [1.807, 2.05) is 32.3 Å². The second-order valence-corrected chi connectivity index (χ2v) is 8.12. The number of benzene rings is 1. The van der Waals surface area contributed by atoms with Gasteiger partial charge in [-0.15, -0.1) is 0 Å². The van der Waals surface area contributed by atoms with Gasteiger partial charge in [-0.05, 0) is 62.1 Å². The van der Waals surface area contributed by atoms with Crippen LogP contribution in [-0.2, 0) is 7.05 Å². The summed E-state index contributed by atoms with van der Waals surface area (Å²) < 4.78 is 16.2. The van der Waals surface area contributed by atoms with Gasteiger partial charge in [-0.1, -0.05) is 0 Å². The lowest BCUT2D eigenvalue weighted by molar-refractivity contribution is 0.0947. The number of aryl methyl sites for hydroxylation is 2. The molecule has 2 aromatic heterocycles. The Labute approximate surface area is 180 Å². The quantitative estimate of drug-likeness (QED) is 0.542. The summed E-state index contributed by atoms with van der Waals surface area (Å²) in [6, 6.07) is 6.73. The van der Waals surface area contributed by atoms with E-state index in [4.69, 9.17) is 0 Å². The molecule has 162 valence electrons. The van der Waals surface area contributed by atoms with Crippen molar-refractivity contribution in [2.45, 2.75) is 38.8 Å². The molecule has 1 amide bonds. The first-order chi connectivity index (χ1) is 14.9. The van der Waals surface area contributed by atoms with E-state index >= 15 is 0 Å². The van der Waals surface area contributed by atoms with Crippen molar-refractivity contribution in [2.75, 3.05) is 11.9 Å². The standard InChI is InChI=1S/C23H26FN5O2/c1-13-8-20(24)18(23(31)27-16-4-5-16)10-17(13)15-9-19(21-6-7-29(3)28-21)22(25-11-15)26-14(2)12-30/h6-11,14,16,30H,4-5,12H2,1-3H3,(H,25,26)(H,27,31)/t14-/m0/s1. The van der Waals surface area contributed by atoms with Crippen molar-refractivity contribution < 1.29 is 14.3 Å². The summed E-state index contributed by atoms with van der Waals surface area (Å²) in [5.74, 6) is -0.336. The zero-order chi connectivity index (χ0) is 22.1. The van der Waals surface area contributed by atoms with E-state index in [2.05, 4.69) is 20.7 Å². The maximum Gasteiger partial charge on any atom is 0.254 e. The summed E-state index contributed by atoms with van der Waals surface area (Å²) >= 11 is 0. The van der Waals surface area contributed by atoms with E-state index in [0.29, 0.717) is 11.4 Å². The van der Waals surface area contributed by atoms with Crippen LogP contribution in [0.3, 0.4) is 0 Å². The molecular formula is C23H26FN5O2. The molecule has 1 saturated carbocycles. The van der Waals surface area contributed by atoms with Gasteiger partial charge in [-0.3, -0.25) is 9.48 Å². The maximum absolute atomic E-state index is 14.5. The van der Waals surface area contributed by atoms with Gasteiger partial charge >= 0.3 is 0 Å². The molecule has 0 spiro atoms. The molecule has 0 saturated heterocycles. The number of aromatic nitrogens is 3. The molecule has 1 fully saturated rings. The number of carbonyl (C=O) groups excluding carboxylic acids is 1. The fourth-order valence-electron chi connectivity index (χ4n) is 3.41. The highest BCUT2D eigenvalue weighted by molar-refractivity contribution is 5.96. The number of pyridine rings is 1. The van der Waals surface area contributed by atoms with Crippen molar-refractivity contribution in [2.24, 2.45) is 7.05 Å². The van der Waals surface area contributed by atoms with E-state index in [9.17, 15) is 14.3 Å². The zero-order valence-corrected chi connectivity index (χ0v) is 17.8. The smallest absolute Gasteiger partial charge is 0.254 e. The second-order valence-electron chi connectivity index (χ2n) is 8.12. The van der Waals surface area contributed by atoms with Gasteiger partial charge in [-0.25, -0.2) is 9.37 Å². The largest absolute Gasteiger partial charge is 0.394 e. The molecule has 7 nitrogen and oxygen atoms in total. The van der Waals surface area contributed by atoms with Crippen LogP contribution in [0.2, 0.25) is 0 Å². The van der Waals surface area contributed by atoms with Crippen LogP contribution in [0, 0.1) is 12.7 Å². The summed E-state index contributed by atoms with van der Waals surface area (Å²) in [7, 11) is 1.83. The van der Waals surface area contributed by atoms with Crippen LogP contribution in [0.4, 0.5) is 10.2 Å². The summed E-state index contributed by atoms with van der Waals surface area (Å²) in [6.45, 7) is 3.62. The van der Waals surface area contributed by atoms with Gasteiger partial charge in [0.25, 0.3) is 5.91 Å². The molecule has 0 unspecified atom stereocenters. The molecule has 0 bridgehead atoms. The highest BCUT2D eigenvalue weighted by Crippen LogP contribution is 2.33. The van der Waals surface area contributed by atoms with Crippen molar-refractivity contribution in [3.63, 3.8) is 0 Å². The molecule has 2 heterocycles. The predicted octanol–water partition coefficient (Wildman–Crippen LogP) is 3.28. The normalized spacial score (nSPS) is 14.4. The molecule has 1 aromatic carbocycles. The lowest BCUT2D eigenvalue weighted by Gasteiger charge is -2.16. The number of anilines is 1. The minimum atomic E-state index is -0.535.